The third-order valence-electron chi connectivity index (χ3n) is 4.31. The second-order valence-corrected chi connectivity index (χ2v) is 5.90. The molecule has 0 spiro atoms. The summed E-state index contributed by atoms with van der Waals surface area (Å²) in [4.78, 5) is 20.1. The van der Waals surface area contributed by atoms with Crippen LogP contribution in [0.1, 0.15) is 29.7 Å². The lowest BCUT2D eigenvalue weighted by molar-refractivity contribution is 0.669. The Kier molecular flexibility index (Phi) is 2.99. The Hall–Kier alpha value is -2.56. The molecular formula is C17H18N4O. The molecule has 2 aromatic heterocycles. The van der Waals surface area contributed by atoms with Crippen LogP contribution in [-0.2, 0) is 12.8 Å². The van der Waals surface area contributed by atoms with Gasteiger partial charge in [-0.25, -0.2) is 4.98 Å². The van der Waals surface area contributed by atoms with Gasteiger partial charge in [-0.3, -0.25) is 9.89 Å². The fourth-order valence-electron chi connectivity index (χ4n) is 3.04. The summed E-state index contributed by atoms with van der Waals surface area (Å²) in [6, 6.07) is 8.23. The number of aromatic nitrogens is 4. The number of aromatic amines is 2. The van der Waals surface area contributed by atoms with Crippen molar-refractivity contribution in [2.45, 2.75) is 32.6 Å². The molecule has 0 atom stereocenters. The lowest BCUT2D eigenvalue weighted by atomic mass is 9.98. The molecule has 3 aromatic rings. The Labute approximate surface area is 128 Å². The average Bonchev–Trinajstić information content (AvgIpc) is 3.14. The zero-order chi connectivity index (χ0) is 15.1. The number of aryl methyl sites for hydroxylation is 2. The second-order valence-electron chi connectivity index (χ2n) is 5.90. The van der Waals surface area contributed by atoms with Gasteiger partial charge in [0.15, 0.2) is 0 Å². The van der Waals surface area contributed by atoms with Crippen molar-refractivity contribution in [3.63, 3.8) is 0 Å². The van der Waals surface area contributed by atoms with E-state index >= 15 is 0 Å². The van der Waals surface area contributed by atoms with Crippen molar-refractivity contribution in [1.82, 2.24) is 19.7 Å². The Balaban J connectivity index is 1.74. The highest BCUT2D eigenvalue weighted by Gasteiger charge is 2.19. The summed E-state index contributed by atoms with van der Waals surface area (Å²) >= 11 is 0. The monoisotopic (exact) mass is 294 g/mol. The van der Waals surface area contributed by atoms with E-state index in [0.717, 1.165) is 48.2 Å². The summed E-state index contributed by atoms with van der Waals surface area (Å²) in [6.45, 7) is 2.06. The summed E-state index contributed by atoms with van der Waals surface area (Å²) in [5.74, 6) is 0.551. The molecule has 112 valence electrons. The van der Waals surface area contributed by atoms with Crippen LogP contribution < -0.4 is 5.56 Å². The van der Waals surface area contributed by atoms with Crippen molar-refractivity contribution in [2.24, 2.45) is 0 Å². The van der Waals surface area contributed by atoms with Crippen molar-refractivity contribution >= 4 is 0 Å². The van der Waals surface area contributed by atoms with Gasteiger partial charge in [0.05, 0.1) is 11.9 Å². The van der Waals surface area contributed by atoms with Crippen molar-refractivity contribution in [3.05, 3.63) is 57.6 Å². The maximum atomic E-state index is 12.5. The number of benzene rings is 1. The minimum Gasteiger partial charge on any atom is -0.322 e. The highest BCUT2D eigenvalue weighted by molar-refractivity contribution is 5.59. The van der Waals surface area contributed by atoms with Gasteiger partial charge in [-0.1, -0.05) is 29.8 Å². The maximum Gasteiger partial charge on any atom is 0.277 e. The number of hydrogen-bond acceptors (Lipinski definition) is 2. The number of H-pyrrole nitrogens is 2. The van der Waals surface area contributed by atoms with Gasteiger partial charge in [0, 0.05) is 11.3 Å². The van der Waals surface area contributed by atoms with Gasteiger partial charge in [0.1, 0.15) is 0 Å². The molecule has 1 aliphatic carbocycles. The second kappa shape index (κ2) is 5.02. The minimum atomic E-state index is 0.0273. The predicted octanol–water partition coefficient (Wildman–Crippen LogP) is 2.74. The first-order valence-corrected chi connectivity index (χ1v) is 7.67. The molecule has 0 saturated heterocycles. The molecule has 0 radical (unpaired) electrons. The third-order valence-corrected chi connectivity index (χ3v) is 4.31. The SMILES string of the molecule is Cc1ccc(-c2cnc(-n3[nH]c4c(c3=O)CCCC4)[nH]2)cc1. The highest BCUT2D eigenvalue weighted by Crippen LogP contribution is 2.20. The molecular weight excluding hydrogens is 276 g/mol. The summed E-state index contributed by atoms with van der Waals surface area (Å²) < 4.78 is 1.54. The fraction of sp³-hybridized carbons (Fsp3) is 0.294. The van der Waals surface area contributed by atoms with Crippen LogP contribution in [0.3, 0.4) is 0 Å². The van der Waals surface area contributed by atoms with E-state index in [4.69, 9.17) is 0 Å². The highest BCUT2D eigenvalue weighted by atomic mass is 16.1. The van der Waals surface area contributed by atoms with Gasteiger partial charge in [-0.15, -0.1) is 0 Å². The fourth-order valence-corrected chi connectivity index (χ4v) is 3.04. The van der Waals surface area contributed by atoms with Crippen LogP contribution in [0, 0.1) is 6.92 Å². The van der Waals surface area contributed by atoms with Crippen molar-refractivity contribution < 1.29 is 0 Å². The molecule has 0 aliphatic heterocycles. The summed E-state index contributed by atoms with van der Waals surface area (Å²) in [5.41, 5.74) is 5.20. The summed E-state index contributed by atoms with van der Waals surface area (Å²) in [5, 5.41) is 3.20. The van der Waals surface area contributed by atoms with Crippen LogP contribution in [-0.4, -0.2) is 19.7 Å². The predicted molar refractivity (Wildman–Crippen MR) is 85.4 cm³/mol. The Morgan fingerprint density at radius 1 is 1.14 bits per heavy atom. The van der Waals surface area contributed by atoms with E-state index in [1.165, 1.54) is 10.2 Å². The van der Waals surface area contributed by atoms with Crippen LogP contribution >= 0.6 is 0 Å². The topological polar surface area (TPSA) is 66.5 Å². The largest absolute Gasteiger partial charge is 0.322 e. The van der Waals surface area contributed by atoms with E-state index in [0.29, 0.717) is 5.95 Å². The van der Waals surface area contributed by atoms with Crippen LogP contribution in [0.2, 0.25) is 0 Å². The molecule has 0 amide bonds. The lowest BCUT2D eigenvalue weighted by Crippen LogP contribution is -2.19. The molecule has 2 N–H and O–H groups in total. The van der Waals surface area contributed by atoms with Gasteiger partial charge >= 0.3 is 0 Å². The quantitative estimate of drug-likeness (QED) is 0.763. The zero-order valence-corrected chi connectivity index (χ0v) is 12.5. The summed E-state index contributed by atoms with van der Waals surface area (Å²) in [6.07, 6.45) is 5.81. The Bertz CT molecular complexity index is 867. The first-order valence-electron chi connectivity index (χ1n) is 7.67. The van der Waals surface area contributed by atoms with Crippen LogP contribution in [0.25, 0.3) is 17.2 Å². The molecule has 4 rings (SSSR count). The molecule has 0 fully saturated rings. The smallest absolute Gasteiger partial charge is 0.277 e. The van der Waals surface area contributed by atoms with E-state index < -0.39 is 0 Å². The van der Waals surface area contributed by atoms with Crippen molar-refractivity contribution in [1.29, 1.82) is 0 Å². The number of imidazole rings is 1. The first-order chi connectivity index (χ1) is 10.7. The van der Waals surface area contributed by atoms with E-state index in [1.807, 2.05) is 0 Å². The zero-order valence-electron chi connectivity index (χ0n) is 12.5. The third kappa shape index (κ3) is 2.09. The number of rotatable bonds is 2. The number of fused-ring (bicyclic) bond motifs is 1. The van der Waals surface area contributed by atoms with Gasteiger partial charge in [-0.2, -0.15) is 4.68 Å². The van der Waals surface area contributed by atoms with Gasteiger partial charge in [-0.05, 0) is 38.2 Å². The number of nitrogens with zero attached hydrogens (tertiary/aromatic N) is 2. The van der Waals surface area contributed by atoms with E-state index in [2.05, 4.69) is 46.3 Å². The van der Waals surface area contributed by atoms with Gasteiger partial charge < -0.3 is 4.98 Å². The lowest BCUT2D eigenvalue weighted by Gasteiger charge is -2.07. The molecule has 0 bridgehead atoms. The molecule has 2 heterocycles. The van der Waals surface area contributed by atoms with Gasteiger partial charge in [0.2, 0.25) is 5.95 Å². The standard InChI is InChI=1S/C17H18N4O/c1-11-6-8-12(9-7-11)15-10-18-17(19-15)21-16(22)13-4-2-3-5-14(13)20-21/h6-10,20H,2-5H2,1H3,(H,18,19). The van der Waals surface area contributed by atoms with E-state index in [9.17, 15) is 4.79 Å². The molecule has 22 heavy (non-hydrogen) atoms. The molecule has 1 aromatic carbocycles. The van der Waals surface area contributed by atoms with Gasteiger partial charge in [0.25, 0.3) is 5.56 Å². The van der Waals surface area contributed by atoms with Crippen LogP contribution in [0.5, 0.6) is 0 Å². The average molecular weight is 294 g/mol. The van der Waals surface area contributed by atoms with Crippen molar-refractivity contribution in [3.8, 4) is 17.2 Å². The van der Waals surface area contributed by atoms with Crippen LogP contribution in [0.15, 0.2) is 35.3 Å². The van der Waals surface area contributed by atoms with Crippen molar-refractivity contribution in [2.75, 3.05) is 0 Å². The first kappa shape index (κ1) is 13.1. The molecule has 0 saturated carbocycles. The van der Waals surface area contributed by atoms with E-state index in [-0.39, 0.29) is 5.56 Å². The molecule has 0 unspecified atom stereocenters. The summed E-state index contributed by atoms with van der Waals surface area (Å²) in [7, 11) is 0. The normalized spacial score (nSPS) is 14.0. The molecule has 1 aliphatic rings. The van der Waals surface area contributed by atoms with E-state index in [1.54, 1.807) is 6.20 Å². The number of nitrogens with one attached hydrogen (secondary N) is 2. The number of hydrogen-bond donors (Lipinski definition) is 2. The maximum absolute atomic E-state index is 12.5. The molecule has 5 heteroatoms. The Morgan fingerprint density at radius 2 is 1.91 bits per heavy atom. The molecule has 5 nitrogen and oxygen atoms in total. The minimum absolute atomic E-state index is 0.0273. The van der Waals surface area contributed by atoms with Crippen LogP contribution in [0.4, 0.5) is 0 Å². The Morgan fingerprint density at radius 3 is 2.68 bits per heavy atom.